The molecule has 188 valence electrons. The van der Waals surface area contributed by atoms with Crippen molar-refractivity contribution >= 4 is 47.2 Å². The molecule has 2 aliphatic rings. The summed E-state index contributed by atoms with van der Waals surface area (Å²) in [6, 6.07) is 6.33. The van der Waals surface area contributed by atoms with Crippen molar-refractivity contribution in [2.45, 2.75) is 62.3 Å². The van der Waals surface area contributed by atoms with Gasteiger partial charge in [0.1, 0.15) is 0 Å². The van der Waals surface area contributed by atoms with Gasteiger partial charge in [-0.1, -0.05) is 25.3 Å². The third-order valence-electron chi connectivity index (χ3n) is 6.19. The lowest BCUT2D eigenvalue weighted by atomic mass is 9.95. The van der Waals surface area contributed by atoms with Gasteiger partial charge in [0, 0.05) is 32.7 Å². The van der Waals surface area contributed by atoms with Gasteiger partial charge in [0.25, 0.3) is 0 Å². The average molecular weight is 532 g/mol. The van der Waals surface area contributed by atoms with E-state index < -0.39 is 10.0 Å². The van der Waals surface area contributed by atoms with Crippen LogP contribution in [0.25, 0.3) is 0 Å². The number of fused-ring (bicyclic) bond motifs is 1. The van der Waals surface area contributed by atoms with Gasteiger partial charge in [-0.2, -0.15) is 0 Å². The lowest BCUT2D eigenvalue weighted by Gasteiger charge is -2.23. The first-order valence-electron chi connectivity index (χ1n) is 11.3. The van der Waals surface area contributed by atoms with Gasteiger partial charge < -0.3 is 16.0 Å². The molecule has 1 heterocycles. The molecule has 1 aliphatic carbocycles. The molecule has 6 nitrogen and oxygen atoms in total. The molecule has 1 aromatic rings. The summed E-state index contributed by atoms with van der Waals surface area (Å²) in [6.45, 7) is 5.16. The van der Waals surface area contributed by atoms with E-state index >= 15 is 0 Å². The topological polar surface area (TPSA) is 73.5 Å². The fourth-order valence-electron chi connectivity index (χ4n) is 4.33. The van der Waals surface area contributed by atoms with E-state index in [1.165, 1.54) is 42.0 Å². The predicted molar refractivity (Wildman–Crippen MR) is 141 cm³/mol. The second kappa shape index (κ2) is 16.5. The largest absolute Gasteiger partial charge is 0.316 e. The molecule has 1 fully saturated rings. The van der Waals surface area contributed by atoms with E-state index in [0.29, 0.717) is 17.5 Å². The van der Waals surface area contributed by atoms with Gasteiger partial charge in [-0.25, -0.2) is 12.7 Å². The van der Waals surface area contributed by atoms with Crippen LogP contribution in [0.2, 0.25) is 0 Å². The Labute approximate surface area is 213 Å². The van der Waals surface area contributed by atoms with Gasteiger partial charge in [0.2, 0.25) is 10.0 Å². The van der Waals surface area contributed by atoms with Crippen LogP contribution in [0.15, 0.2) is 23.1 Å². The molecule has 0 bridgehead atoms. The molecule has 32 heavy (non-hydrogen) atoms. The smallest absolute Gasteiger partial charge is 0.242 e. The van der Waals surface area contributed by atoms with Crippen LogP contribution in [0.3, 0.4) is 0 Å². The van der Waals surface area contributed by atoms with Crippen molar-refractivity contribution in [1.29, 1.82) is 0 Å². The van der Waals surface area contributed by atoms with Crippen LogP contribution in [-0.4, -0.2) is 65.1 Å². The first-order chi connectivity index (χ1) is 14.1. The number of rotatable bonds is 10. The van der Waals surface area contributed by atoms with Crippen molar-refractivity contribution in [3.05, 3.63) is 29.3 Å². The van der Waals surface area contributed by atoms with Gasteiger partial charge in [-0.15, -0.1) is 37.2 Å². The van der Waals surface area contributed by atoms with Crippen molar-refractivity contribution < 1.29 is 8.42 Å². The van der Waals surface area contributed by atoms with E-state index in [2.05, 4.69) is 16.0 Å². The molecule has 0 radical (unpaired) electrons. The highest BCUT2D eigenvalue weighted by molar-refractivity contribution is 7.89. The van der Waals surface area contributed by atoms with Crippen LogP contribution in [0.1, 0.15) is 49.7 Å². The predicted octanol–water partition coefficient (Wildman–Crippen LogP) is 3.16. The van der Waals surface area contributed by atoms with Gasteiger partial charge in [0.05, 0.1) is 4.90 Å². The minimum absolute atomic E-state index is 0. The molecule has 3 N–H and O–H groups in total. The molecule has 0 amide bonds. The number of hydrogen-bond donors (Lipinski definition) is 3. The number of benzene rings is 1. The number of nitrogens with zero attached hydrogens (tertiary/aromatic N) is 1. The zero-order valence-corrected chi connectivity index (χ0v) is 22.4. The van der Waals surface area contributed by atoms with Crippen LogP contribution < -0.4 is 16.0 Å². The Kier molecular flexibility index (Phi) is 16.4. The summed E-state index contributed by atoms with van der Waals surface area (Å²) < 4.78 is 27.3. The Morgan fingerprint density at radius 1 is 0.969 bits per heavy atom. The third-order valence-corrected chi connectivity index (χ3v) is 8.05. The van der Waals surface area contributed by atoms with Gasteiger partial charge in [0.15, 0.2) is 0 Å². The highest BCUT2D eigenvalue weighted by Gasteiger charge is 2.22. The summed E-state index contributed by atoms with van der Waals surface area (Å²) in [5.74, 6) is 0. The summed E-state index contributed by atoms with van der Waals surface area (Å²) in [6.07, 6.45) is 9.38. The highest BCUT2D eigenvalue weighted by atomic mass is 35.5. The third kappa shape index (κ3) is 9.63. The quantitative estimate of drug-likeness (QED) is 0.405. The normalized spacial score (nSPS) is 16.8. The lowest BCUT2D eigenvalue weighted by molar-refractivity contribution is 0.372. The van der Waals surface area contributed by atoms with E-state index in [1.54, 1.807) is 13.1 Å². The monoisotopic (exact) mass is 530 g/mol. The fraction of sp³-hybridized carbons (Fsp3) is 0.727. The maximum atomic E-state index is 12.9. The van der Waals surface area contributed by atoms with Crippen molar-refractivity contribution in [2.75, 3.05) is 46.3 Å². The number of nitrogens with one attached hydrogen (secondary N) is 3. The maximum Gasteiger partial charge on any atom is 0.242 e. The van der Waals surface area contributed by atoms with Crippen LogP contribution >= 0.6 is 37.2 Å². The van der Waals surface area contributed by atoms with Gasteiger partial charge in [-0.3, -0.25) is 0 Å². The molecule has 0 spiro atoms. The molecule has 0 saturated heterocycles. The van der Waals surface area contributed by atoms with Gasteiger partial charge in [-0.05, 0) is 75.0 Å². The highest BCUT2D eigenvalue weighted by Crippen LogP contribution is 2.21. The van der Waals surface area contributed by atoms with Crippen molar-refractivity contribution in [3.8, 4) is 0 Å². The summed E-state index contributed by atoms with van der Waals surface area (Å²) >= 11 is 0. The van der Waals surface area contributed by atoms with Gasteiger partial charge >= 0.3 is 0 Å². The molecule has 0 unspecified atom stereocenters. The first-order valence-corrected chi connectivity index (χ1v) is 12.7. The Hall–Kier alpha value is -0.120. The maximum absolute atomic E-state index is 12.9. The zero-order chi connectivity index (χ0) is 20.5. The summed E-state index contributed by atoms with van der Waals surface area (Å²) in [4.78, 5) is 0.422. The minimum atomic E-state index is -3.42. The van der Waals surface area contributed by atoms with Crippen molar-refractivity contribution in [2.24, 2.45) is 0 Å². The van der Waals surface area contributed by atoms with E-state index in [1.807, 2.05) is 12.1 Å². The van der Waals surface area contributed by atoms with Crippen LogP contribution in [0.4, 0.5) is 0 Å². The summed E-state index contributed by atoms with van der Waals surface area (Å²) in [5, 5.41) is 10.4. The second-order valence-corrected chi connectivity index (χ2v) is 10.4. The number of halogens is 3. The summed E-state index contributed by atoms with van der Waals surface area (Å²) in [5.41, 5.74) is 2.43. The molecule has 1 aromatic carbocycles. The molecular formula is C22H41Cl3N4O2S. The molecule has 0 atom stereocenters. The lowest BCUT2D eigenvalue weighted by Crippen LogP contribution is -2.37. The average Bonchev–Trinajstić information content (AvgIpc) is 2.98. The van der Waals surface area contributed by atoms with Crippen LogP contribution in [0.5, 0.6) is 0 Å². The minimum Gasteiger partial charge on any atom is -0.316 e. The van der Waals surface area contributed by atoms with E-state index in [0.717, 1.165) is 57.5 Å². The summed E-state index contributed by atoms with van der Waals surface area (Å²) in [7, 11) is -1.74. The molecule has 1 aliphatic heterocycles. The van der Waals surface area contributed by atoms with E-state index in [4.69, 9.17) is 0 Å². The molecule has 0 aromatic heterocycles. The van der Waals surface area contributed by atoms with Crippen molar-refractivity contribution in [3.63, 3.8) is 0 Å². The number of sulfonamides is 1. The molecule has 10 heteroatoms. The first kappa shape index (κ1) is 31.9. The van der Waals surface area contributed by atoms with Crippen LogP contribution in [0, 0.1) is 0 Å². The zero-order valence-electron chi connectivity index (χ0n) is 19.1. The molecule has 3 rings (SSSR count). The Balaban J connectivity index is 0.00000320. The number of hydrogen-bond acceptors (Lipinski definition) is 5. The van der Waals surface area contributed by atoms with Crippen molar-refractivity contribution in [1.82, 2.24) is 20.3 Å². The Bertz CT molecular complexity index is 747. The Morgan fingerprint density at radius 2 is 1.66 bits per heavy atom. The van der Waals surface area contributed by atoms with E-state index in [9.17, 15) is 8.42 Å². The molecular weight excluding hydrogens is 491 g/mol. The fourth-order valence-corrected chi connectivity index (χ4v) is 5.59. The Morgan fingerprint density at radius 3 is 2.38 bits per heavy atom. The SMILES string of the molecule is CN(CCCNCCNC1CCCCC1)S(=O)(=O)c1ccc2c(c1)CCNCC2.Cl.Cl.Cl. The van der Waals surface area contributed by atoms with E-state index in [-0.39, 0.29) is 37.2 Å². The van der Waals surface area contributed by atoms with Crippen LogP contribution in [-0.2, 0) is 22.9 Å². The second-order valence-electron chi connectivity index (χ2n) is 8.40. The molecule has 1 saturated carbocycles. The standard InChI is InChI=1S/C22H38N4O2S.3ClH/c1-26(17-5-12-23-15-16-25-21-6-3-2-4-7-21)29(27,28)22-9-8-19-10-13-24-14-11-20(19)18-22;;;/h8-9,18,21,23-25H,2-7,10-17H2,1H3;3*1H.